The van der Waals surface area contributed by atoms with Gasteiger partial charge >= 0.3 is 0 Å². The Labute approximate surface area is 78.3 Å². The summed E-state index contributed by atoms with van der Waals surface area (Å²) >= 11 is 5.44. The Hall–Kier alpha value is -0.370. The van der Waals surface area contributed by atoms with Crippen LogP contribution in [-0.4, -0.2) is 17.4 Å². The van der Waals surface area contributed by atoms with E-state index < -0.39 is 0 Å². The SMILES string of the molecule is CCC(=O)CC(=O)CCCCCl. The lowest BCUT2D eigenvalue weighted by Crippen LogP contribution is -2.06. The molecule has 0 aliphatic rings. The normalized spacial score (nSPS) is 9.83. The van der Waals surface area contributed by atoms with Gasteiger partial charge in [0, 0.05) is 18.7 Å². The number of hydrogen-bond donors (Lipinski definition) is 0. The van der Waals surface area contributed by atoms with Crippen molar-refractivity contribution in [2.24, 2.45) is 0 Å². The predicted octanol–water partition coefficient (Wildman–Crippen LogP) is 2.33. The van der Waals surface area contributed by atoms with E-state index in [9.17, 15) is 9.59 Å². The minimum Gasteiger partial charge on any atom is -0.299 e. The minimum atomic E-state index is 0.0332. The molecule has 2 nitrogen and oxygen atoms in total. The summed E-state index contributed by atoms with van der Waals surface area (Å²) in [7, 11) is 0. The molecule has 70 valence electrons. The summed E-state index contributed by atoms with van der Waals surface area (Å²) in [5.74, 6) is 0.674. The predicted molar refractivity (Wildman–Crippen MR) is 49.5 cm³/mol. The van der Waals surface area contributed by atoms with Crippen molar-refractivity contribution >= 4 is 23.2 Å². The highest BCUT2D eigenvalue weighted by Crippen LogP contribution is 2.01. The molecule has 12 heavy (non-hydrogen) atoms. The largest absolute Gasteiger partial charge is 0.299 e. The fourth-order valence-electron chi connectivity index (χ4n) is 0.850. The zero-order chi connectivity index (χ0) is 9.40. The van der Waals surface area contributed by atoms with Gasteiger partial charge in [-0.1, -0.05) is 6.92 Å². The van der Waals surface area contributed by atoms with E-state index in [1.54, 1.807) is 6.92 Å². The third kappa shape index (κ3) is 6.35. The van der Waals surface area contributed by atoms with Crippen LogP contribution < -0.4 is 0 Å². The van der Waals surface area contributed by atoms with Crippen LogP contribution in [0.15, 0.2) is 0 Å². The number of hydrogen-bond acceptors (Lipinski definition) is 2. The summed E-state index contributed by atoms with van der Waals surface area (Å²) in [6.45, 7) is 1.77. The zero-order valence-electron chi connectivity index (χ0n) is 7.44. The van der Waals surface area contributed by atoms with Crippen molar-refractivity contribution in [3.05, 3.63) is 0 Å². The fourth-order valence-corrected chi connectivity index (χ4v) is 1.04. The van der Waals surface area contributed by atoms with Crippen LogP contribution in [0, 0.1) is 0 Å². The van der Waals surface area contributed by atoms with Crippen LogP contribution in [0.2, 0.25) is 0 Å². The van der Waals surface area contributed by atoms with Gasteiger partial charge in [-0.3, -0.25) is 9.59 Å². The van der Waals surface area contributed by atoms with Gasteiger partial charge < -0.3 is 0 Å². The number of unbranched alkanes of at least 4 members (excludes halogenated alkanes) is 1. The van der Waals surface area contributed by atoms with Crippen molar-refractivity contribution in [1.82, 2.24) is 0 Å². The molecule has 0 bridgehead atoms. The topological polar surface area (TPSA) is 34.1 Å². The molecule has 0 spiro atoms. The zero-order valence-corrected chi connectivity index (χ0v) is 8.19. The van der Waals surface area contributed by atoms with Crippen LogP contribution in [0.25, 0.3) is 0 Å². The second-order valence-electron chi connectivity index (χ2n) is 2.75. The first-order valence-corrected chi connectivity index (χ1v) is 4.83. The van der Waals surface area contributed by atoms with Crippen molar-refractivity contribution in [2.45, 2.75) is 39.0 Å². The Morgan fingerprint density at radius 2 is 1.83 bits per heavy atom. The van der Waals surface area contributed by atoms with Crippen LogP contribution in [0.4, 0.5) is 0 Å². The maximum Gasteiger partial charge on any atom is 0.140 e. The Bertz CT molecular complexity index is 155. The average Bonchev–Trinajstić information content (AvgIpc) is 2.05. The van der Waals surface area contributed by atoms with E-state index >= 15 is 0 Å². The van der Waals surface area contributed by atoms with Gasteiger partial charge in [-0.05, 0) is 12.8 Å². The van der Waals surface area contributed by atoms with Gasteiger partial charge in [0.15, 0.2) is 0 Å². The van der Waals surface area contributed by atoms with Gasteiger partial charge in [0.25, 0.3) is 0 Å². The van der Waals surface area contributed by atoms with Crippen molar-refractivity contribution in [2.75, 3.05) is 5.88 Å². The molecule has 0 atom stereocenters. The van der Waals surface area contributed by atoms with Crippen molar-refractivity contribution in [3.63, 3.8) is 0 Å². The summed E-state index contributed by atoms with van der Waals surface area (Å²) in [5.41, 5.74) is 0. The highest BCUT2D eigenvalue weighted by Gasteiger charge is 2.06. The lowest BCUT2D eigenvalue weighted by Gasteiger charge is -1.97. The lowest BCUT2D eigenvalue weighted by atomic mass is 10.1. The van der Waals surface area contributed by atoms with Gasteiger partial charge in [-0.25, -0.2) is 0 Å². The van der Waals surface area contributed by atoms with E-state index in [-0.39, 0.29) is 18.0 Å². The van der Waals surface area contributed by atoms with Gasteiger partial charge in [-0.15, -0.1) is 11.6 Å². The lowest BCUT2D eigenvalue weighted by molar-refractivity contribution is -0.126. The number of alkyl halides is 1. The third-order valence-electron chi connectivity index (χ3n) is 1.63. The number of carbonyl (C=O) groups excluding carboxylic acids is 2. The van der Waals surface area contributed by atoms with E-state index in [1.807, 2.05) is 0 Å². The van der Waals surface area contributed by atoms with Crippen LogP contribution in [-0.2, 0) is 9.59 Å². The molecule has 0 unspecified atom stereocenters. The molecule has 0 aliphatic heterocycles. The molecule has 0 radical (unpaired) electrons. The van der Waals surface area contributed by atoms with Gasteiger partial charge in [-0.2, -0.15) is 0 Å². The maximum absolute atomic E-state index is 11.0. The molecule has 0 saturated carbocycles. The molecule has 0 rings (SSSR count). The van der Waals surface area contributed by atoms with Crippen molar-refractivity contribution < 1.29 is 9.59 Å². The second kappa shape index (κ2) is 7.29. The molecular formula is C9H15ClO2. The molecule has 0 fully saturated rings. The highest BCUT2D eigenvalue weighted by molar-refractivity contribution is 6.17. The van der Waals surface area contributed by atoms with E-state index in [0.717, 1.165) is 12.8 Å². The van der Waals surface area contributed by atoms with Crippen LogP contribution in [0.3, 0.4) is 0 Å². The molecule has 0 aromatic rings. The molecule has 0 heterocycles. The Morgan fingerprint density at radius 1 is 1.17 bits per heavy atom. The fraction of sp³-hybridized carbons (Fsp3) is 0.778. The Morgan fingerprint density at radius 3 is 2.33 bits per heavy atom. The third-order valence-corrected chi connectivity index (χ3v) is 1.90. The molecule has 0 N–H and O–H groups in total. The van der Waals surface area contributed by atoms with E-state index in [0.29, 0.717) is 18.7 Å². The summed E-state index contributed by atoms with van der Waals surface area (Å²) in [6, 6.07) is 0. The summed E-state index contributed by atoms with van der Waals surface area (Å²) in [6.07, 6.45) is 2.73. The van der Waals surface area contributed by atoms with Crippen molar-refractivity contribution in [3.8, 4) is 0 Å². The van der Waals surface area contributed by atoms with Crippen LogP contribution in [0.1, 0.15) is 39.0 Å². The number of rotatable bonds is 7. The standard InChI is InChI=1S/C9H15ClO2/c1-2-8(11)7-9(12)5-3-4-6-10/h2-7H2,1H3. The van der Waals surface area contributed by atoms with Gasteiger partial charge in [0.1, 0.15) is 11.6 Å². The molecule has 0 aromatic carbocycles. The molecular weight excluding hydrogens is 176 g/mol. The number of ketones is 2. The van der Waals surface area contributed by atoms with Crippen LogP contribution >= 0.6 is 11.6 Å². The monoisotopic (exact) mass is 190 g/mol. The average molecular weight is 191 g/mol. The second-order valence-corrected chi connectivity index (χ2v) is 3.13. The highest BCUT2D eigenvalue weighted by atomic mass is 35.5. The first-order valence-electron chi connectivity index (χ1n) is 4.30. The van der Waals surface area contributed by atoms with Gasteiger partial charge in [0.2, 0.25) is 0 Å². The quantitative estimate of drug-likeness (QED) is 0.351. The molecule has 0 aliphatic carbocycles. The smallest absolute Gasteiger partial charge is 0.140 e. The van der Waals surface area contributed by atoms with Crippen molar-refractivity contribution in [1.29, 1.82) is 0 Å². The Balaban J connectivity index is 3.40. The summed E-state index contributed by atoms with van der Waals surface area (Å²) in [4.78, 5) is 21.8. The van der Waals surface area contributed by atoms with Crippen LogP contribution in [0.5, 0.6) is 0 Å². The number of Topliss-reactive ketones (excluding diaryl/α,β-unsaturated/α-hetero) is 2. The molecule has 0 amide bonds. The number of halogens is 1. The summed E-state index contributed by atoms with van der Waals surface area (Å²) < 4.78 is 0. The molecule has 0 aromatic heterocycles. The minimum absolute atomic E-state index is 0.0332. The molecule has 0 saturated heterocycles. The van der Waals surface area contributed by atoms with E-state index in [1.165, 1.54) is 0 Å². The van der Waals surface area contributed by atoms with Gasteiger partial charge in [0.05, 0.1) is 6.42 Å². The maximum atomic E-state index is 11.0. The first kappa shape index (κ1) is 11.6. The number of carbonyl (C=O) groups is 2. The Kier molecular flexibility index (Phi) is 7.06. The summed E-state index contributed by atoms with van der Waals surface area (Å²) in [5, 5.41) is 0. The van der Waals surface area contributed by atoms with E-state index in [4.69, 9.17) is 11.6 Å². The molecule has 3 heteroatoms. The van der Waals surface area contributed by atoms with E-state index in [2.05, 4.69) is 0 Å². The first-order chi connectivity index (χ1) is 5.70.